The summed E-state index contributed by atoms with van der Waals surface area (Å²) in [7, 11) is 0. The molecule has 6 nitrogen and oxygen atoms in total. The van der Waals surface area contributed by atoms with Gasteiger partial charge in [-0.05, 0) is 44.2 Å². The average molecular weight is 394 g/mol. The number of benzene rings is 2. The second kappa shape index (κ2) is 8.06. The molecule has 0 unspecified atom stereocenters. The largest absolute Gasteiger partial charge is 0.477 e. The second-order valence-electron chi connectivity index (χ2n) is 6.30. The van der Waals surface area contributed by atoms with Gasteiger partial charge in [0, 0.05) is 11.1 Å². The van der Waals surface area contributed by atoms with Crippen LogP contribution >= 0.6 is 11.3 Å². The van der Waals surface area contributed by atoms with E-state index in [2.05, 4.69) is 10.6 Å². The molecule has 3 aromatic rings. The number of thiophene rings is 1. The van der Waals surface area contributed by atoms with E-state index in [1.165, 1.54) is 6.07 Å². The minimum atomic E-state index is -1.13. The van der Waals surface area contributed by atoms with Gasteiger partial charge in [0.2, 0.25) is 0 Å². The van der Waals surface area contributed by atoms with Crippen LogP contribution in [0.5, 0.6) is 0 Å². The summed E-state index contributed by atoms with van der Waals surface area (Å²) in [5.41, 5.74) is 3.16. The van der Waals surface area contributed by atoms with Crippen molar-refractivity contribution in [2.24, 2.45) is 0 Å². The molecular formula is C21H18N2O4S. The molecule has 7 heteroatoms. The summed E-state index contributed by atoms with van der Waals surface area (Å²) in [6.45, 7) is 3.83. The number of hydrogen-bond acceptors (Lipinski definition) is 4. The van der Waals surface area contributed by atoms with Crippen LogP contribution < -0.4 is 10.6 Å². The number of amides is 2. The standard InChI is InChI=1S/C21H18N2O4S/c1-12-3-7-14(8-4-12)18(24)22-16-11-17(21(26)27)28-20(16)23-19(25)15-9-5-13(2)6-10-15/h3-11H,1-2H3,(H,22,24)(H,23,25)(H,26,27). The molecule has 1 heterocycles. The zero-order chi connectivity index (χ0) is 20.3. The zero-order valence-corrected chi connectivity index (χ0v) is 16.1. The normalized spacial score (nSPS) is 10.4. The van der Waals surface area contributed by atoms with E-state index in [0.29, 0.717) is 11.1 Å². The second-order valence-corrected chi connectivity index (χ2v) is 7.35. The fourth-order valence-corrected chi connectivity index (χ4v) is 3.31. The first-order valence-corrected chi connectivity index (χ1v) is 9.28. The van der Waals surface area contributed by atoms with Crippen LogP contribution in [0.4, 0.5) is 10.7 Å². The van der Waals surface area contributed by atoms with Crippen molar-refractivity contribution in [3.05, 3.63) is 81.7 Å². The number of anilines is 2. The topological polar surface area (TPSA) is 95.5 Å². The zero-order valence-electron chi connectivity index (χ0n) is 15.3. The van der Waals surface area contributed by atoms with Crippen LogP contribution in [0.3, 0.4) is 0 Å². The third kappa shape index (κ3) is 4.44. The van der Waals surface area contributed by atoms with Gasteiger partial charge in [-0.1, -0.05) is 35.4 Å². The van der Waals surface area contributed by atoms with Gasteiger partial charge in [-0.15, -0.1) is 11.3 Å². The molecule has 2 aromatic carbocycles. The Morgan fingerprint density at radius 2 is 1.25 bits per heavy atom. The summed E-state index contributed by atoms with van der Waals surface area (Å²) < 4.78 is 0. The molecule has 0 aliphatic carbocycles. The fourth-order valence-electron chi connectivity index (χ4n) is 2.46. The molecule has 0 aliphatic heterocycles. The Balaban J connectivity index is 1.85. The maximum atomic E-state index is 12.5. The lowest BCUT2D eigenvalue weighted by Gasteiger charge is -2.08. The summed E-state index contributed by atoms with van der Waals surface area (Å²) in [5, 5.41) is 14.9. The quantitative estimate of drug-likeness (QED) is 0.591. The Hall–Kier alpha value is -3.45. The molecule has 0 saturated heterocycles. The van der Waals surface area contributed by atoms with Gasteiger partial charge in [-0.3, -0.25) is 9.59 Å². The number of nitrogens with one attached hydrogen (secondary N) is 2. The third-order valence-electron chi connectivity index (χ3n) is 4.05. The number of aryl methyl sites for hydroxylation is 2. The minimum Gasteiger partial charge on any atom is -0.477 e. The van der Waals surface area contributed by atoms with Gasteiger partial charge in [-0.2, -0.15) is 0 Å². The van der Waals surface area contributed by atoms with Crippen LogP contribution in [0.2, 0.25) is 0 Å². The highest BCUT2D eigenvalue weighted by Crippen LogP contribution is 2.33. The van der Waals surface area contributed by atoms with E-state index in [4.69, 9.17) is 0 Å². The Morgan fingerprint density at radius 1 is 0.786 bits per heavy atom. The van der Waals surface area contributed by atoms with Crippen LogP contribution in [-0.2, 0) is 0 Å². The Morgan fingerprint density at radius 3 is 1.71 bits per heavy atom. The molecule has 3 N–H and O–H groups in total. The smallest absolute Gasteiger partial charge is 0.346 e. The first-order chi connectivity index (χ1) is 13.3. The predicted octanol–water partition coefficient (Wildman–Crippen LogP) is 4.57. The molecule has 0 saturated carbocycles. The Bertz CT molecular complexity index is 960. The highest BCUT2D eigenvalue weighted by molar-refractivity contribution is 7.18. The van der Waals surface area contributed by atoms with Gasteiger partial charge in [0.05, 0.1) is 5.69 Å². The van der Waals surface area contributed by atoms with Gasteiger partial charge < -0.3 is 15.7 Å². The SMILES string of the molecule is Cc1ccc(C(=O)Nc2cc(C(=O)O)sc2NC(=O)c2ccc(C)cc2)cc1. The number of carbonyl (C=O) groups excluding carboxylic acids is 2. The lowest BCUT2D eigenvalue weighted by atomic mass is 10.1. The van der Waals surface area contributed by atoms with Crippen molar-refractivity contribution in [2.45, 2.75) is 13.8 Å². The molecule has 0 fully saturated rings. The molecule has 0 atom stereocenters. The van der Waals surface area contributed by atoms with Crippen LogP contribution in [-0.4, -0.2) is 22.9 Å². The summed E-state index contributed by atoms with van der Waals surface area (Å²) in [6.07, 6.45) is 0. The Labute approximate surface area is 165 Å². The van der Waals surface area contributed by atoms with Crippen molar-refractivity contribution in [3.8, 4) is 0 Å². The van der Waals surface area contributed by atoms with E-state index in [1.807, 2.05) is 38.1 Å². The monoisotopic (exact) mass is 394 g/mol. The van der Waals surface area contributed by atoms with Gasteiger partial charge in [0.15, 0.2) is 0 Å². The molecule has 28 heavy (non-hydrogen) atoms. The maximum Gasteiger partial charge on any atom is 0.346 e. The first-order valence-electron chi connectivity index (χ1n) is 8.46. The van der Waals surface area contributed by atoms with E-state index in [0.717, 1.165) is 22.5 Å². The molecule has 1 aromatic heterocycles. The molecule has 0 spiro atoms. The number of hydrogen-bond donors (Lipinski definition) is 3. The van der Waals surface area contributed by atoms with E-state index in [9.17, 15) is 19.5 Å². The molecule has 142 valence electrons. The van der Waals surface area contributed by atoms with Crippen molar-refractivity contribution in [1.29, 1.82) is 0 Å². The summed E-state index contributed by atoms with van der Waals surface area (Å²) in [6, 6.07) is 15.3. The average Bonchev–Trinajstić information content (AvgIpc) is 3.05. The van der Waals surface area contributed by atoms with Gasteiger partial charge in [-0.25, -0.2) is 4.79 Å². The lowest BCUT2D eigenvalue weighted by molar-refractivity contribution is 0.0701. The first kappa shape index (κ1) is 19.3. The molecular weight excluding hydrogens is 376 g/mol. The highest BCUT2D eigenvalue weighted by atomic mass is 32.1. The van der Waals surface area contributed by atoms with Crippen molar-refractivity contribution < 1.29 is 19.5 Å². The minimum absolute atomic E-state index is 0.0124. The number of carbonyl (C=O) groups is 3. The molecule has 0 radical (unpaired) electrons. The van der Waals surface area contributed by atoms with Gasteiger partial charge in [0.1, 0.15) is 9.88 Å². The lowest BCUT2D eigenvalue weighted by Crippen LogP contribution is -2.15. The van der Waals surface area contributed by atoms with E-state index in [-0.39, 0.29) is 27.4 Å². The summed E-state index contributed by atoms with van der Waals surface area (Å²) in [5.74, 6) is -1.91. The van der Waals surface area contributed by atoms with Crippen LogP contribution in [0.1, 0.15) is 41.5 Å². The van der Waals surface area contributed by atoms with Crippen molar-refractivity contribution in [2.75, 3.05) is 10.6 Å². The molecule has 2 amide bonds. The third-order valence-corrected chi connectivity index (χ3v) is 5.08. The fraction of sp³-hybridized carbons (Fsp3) is 0.0952. The highest BCUT2D eigenvalue weighted by Gasteiger charge is 2.19. The van der Waals surface area contributed by atoms with Crippen molar-refractivity contribution in [1.82, 2.24) is 0 Å². The van der Waals surface area contributed by atoms with E-state index >= 15 is 0 Å². The molecule has 0 aliphatic rings. The van der Waals surface area contributed by atoms with E-state index < -0.39 is 5.97 Å². The van der Waals surface area contributed by atoms with Crippen LogP contribution in [0.25, 0.3) is 0 Å². The number of carboxylic acids is 1. The van der Waals surface area contributed by atoms with Gasteiger partial charge >= 0.3 is 5.97 Å². The number of aromatic carboxylic acids is 1. The van der Waals surface area contributed by atoms with Gasteiger partial charge in [0.25, 0.3) is 11.8 Å². The van der Waals surface area contributed by atoms with Crippen LogP contribution in [0, 0.1) is 13.8 Å². The number of carboxylic acid groups (broad SMARTS) is 1. The van der Waals surface area contributed by atoms with Crippen molar-refractivity contribution >= 4 is 39.8 Å². The number of rotatable bonds is 5. The van der Waals surface area contributed by atoms with Crippen molar-refractivity contribution in [3.63, 3.8) is 0 Å². The predicted molar refractivity (Wildman–Crippen MR) is 110 cm³/mol. The summed E-state index contributed by atoms with van der Waals surface area (Å²) >= 11 is 0.887. The maximum absolute atomic E-state index is 12.5. The van der Waals surface area contributed by atoms with E-state index in [1.54, 1.807) is 24.3 Å². The molecule has 0 bridgehead atoms. The molecule has 3 rings (SSSR count). The Kier molecular flexibility index (Phi) is 5.56. The summed E-state index contributed by atoms with van der Waals surface area (Å²) in [4.78, 5) is 36.3. The van der Waals surface area contributed by atoms with Crippen LogP contribution in [0.15, 0.2) is 54.6 Å².